The fourth-order valence-electron chi connectivity index (χ4n) is 3.75. The molecule has 1 unspecified atom stereocenters. The minimum Gasteiger partial charge on any atom is -0.496 e. The average Bonchev–Trinajstić information content (AvgIpc) is 2.98. The van der Waals surface area contributed by atoms with Crippen molar-refractivity contribution in [2.24, 2.45) is 10.9 Å². The van der Waals surface area contributed by atoms with Crippen molar-refractivity contribution in [3.63, 3.8) is 0 Å². The lowest BCUT2D eigenvalue weighted by atomic mass is 9.84. The predicted molar refractivity (Wildman–Crippen MR) is 92.7 cm³/mol. The molecule has 0 saturated heterocycles. The Balaban J connectivity index is 1.83. The van der Waals surface area contributed by atoms with Crippen molar-refractivity contribution in [2.75, 3.05) is 26.7 Å². The van der Waals surface area contributed by atoms with Crippen LogP contribution >= 0.6 is 0 Å². The Bertz CT molecular complexity index is 637. The number of amidine groups is 1. The highest BCUT2D eigenvalue weighted by Gasteiger charge is 2.26. The molecule has 0 aromatic heterocycles. The van der Waals surface area contributed by atoms with Gasteiger partial charge in [-0.2, -0.15) is 0 Å². The lowest BCUT2D eigenvalue weighted by Crippen LogP contribution is -2.33. The monoisotopic (exact) mass is 314 g/mol. The largest absolute Gasteiger partial charge is 0.496 e. The first-order chi connectivity index (χ1) is 11.1. The van der Waals surface area contributed by atoms with Crippen LogP contribution in [0.2, 0.25) is 0 Å². The lowest BCUT2D eigenvalue weighted by molar-refractivity contribution is 0.0914. The summed E-state index contributed by atoms with van der Waals surface area (Å²) in [6.07, 6.45) is 4.35. The molecule has 0 amide bonds. The summed E-state index contributed by atoms with van der Waals surface area (Å²) in [6, 6.07) is 3.93. The number of methoxy groups -OCH3 is 1. The van der Waals surface area contributed by atoms with Gasteiger partial charge in [-0.25, -0.2) is 0 Å². The molecule has 3 rings (SSSR count). The van der Waals surface area contributed by atoms with E-state index in [-0.39, 0.29) is 11.7 Å². The van der Waals surface area contributed by atoms with E-state index in [4.69, 9.17) is 4.74 Å². The summed E-state index contributed by atoms with van der Waals surface area (Å²) in [5.74, 6) is 2.23. The zero-order chi connectivity index (χ0) is 16.4. The van der Waals surface area contributed by atoms with Crippen molar-refractivity contribution >= 4 is 11.6 Å². The molecule has 124 valence electrons. The maximum atomic E-state index is 13.0. The Morgan fingerprint density at radius 3 is 2.70 bits per heavy atom. The second-order valence-corrected chi connectivity index (χ2v) is 6.62. The SMILES string of the molecule is COc1ccc(C(=O)C(C)CN2CCN=C2C)c2c1CCCC2. The normalized spacial score (nSPS) is 18.4. The van der Waals surface area contributed by atoms with E-state index in [2.05, 4.69) is 9.89 Å². The molecular weight excluding hydrogens is 288 g/mol. The number of carbonyl (C=O) groups is 1. The van der Waals surface area contributed by atoms with Crippen LogP contribution in [0.3, 0.4) is 0 Å². The molecule has 1 aliphatic carbocycles. The molecule has 1 aliphatic heterocycles. The highest BCUT2D eigenvalue weighted by molar-refractivity contribution is 6.00. The minimum absolute atomic E-state index is 0.0160. The van der Waals surface area contributed by atoms with Gasteiger partial charge in [-0.1, -0.05) is 6.92 Å². The second kappa shape index (κ2) is 6.73. The van der Waals surface area contributed by atoms with E-state index in [1.807, 2.05) is 26.0 Å². The molecule has 1 aromatic carbocycles. The molecule has 1 aromatic rings. The Morgan fingerprint density at radius 1 is 1.30 bits per heavy atom. The summed E-state index contributed by atoms with van der Waals surface area (Å²) < 4.78 is 5.49. The smallest absolute Gasteiger partial charge is 0.167 e. The van der Waals surface area contributed by atoms with E-state index in [1.165, 1.54) is 17.5 Å². The van der Waals surface area contributed by atoms with Crippen LogP contribution in [0.15, 0.2) is 17.1 Å². The van der Waals surface area contributed by atoms with Gasteiger partial charge in [0.05, 0.1) is 19.5 Å². The van der Waals surface area contributed by atoms with E-state index < -0.39 is 0 Å². The Morgan fingerprint density at radius 2 is 2.04 bits per heavy atom. The van der Waals surface area contributed by atoms with Crippen molar-refractivity contribution in [1.82, 2.24) is 4.90 Å². The van der Waals surface area contributed by atoms with Crippen LogP contribution in [0, 0.1) is 5.92 Å². The van der Waals surface area contributed by atoms with E-state index in [1.54, 1.807) is 7.11 Å². The van der Waals surface area contributed by atoms with E-state index in [0.717, 1.165) is 56.0 Å². The highest BCUT2D eigenvalue weighted by Crippen LogP contribution is 2.33. The predicted octanol–water partition coefficient (Wildman–Crippen LogP) is 3.13. The Hall–Kier alpha value is -1.84. The van der Waals surface area contributed by atoms with Crippen molar-refractivity contribution in [2.45, 2.75) is 39.5 Å². The van der Waals surface area contributed by atoms with Crippen LogP contribution in [-0.2, 0) is 12.8 Å². The van der Waals surface area contributed by atoms with Gasteiger partial charge in [0, 0.05) is 24.6 Å². The van der Waals surface area contributed by atoms with Gasteiger partial charge in [-0.3, -0.25) is 9.79 Å². The molecule has 1 heterocycles. The van der Waals surface area contributed by atoms with Gasteiger partial charge in [0.25, 0.3) is 0 Å². The summed E-state index contributed by atoms with van der Waals surface area (Å²) >= 11 is 0. The highest BCUT2D eigenvalue weighted by atomic mass is 16.5. The van der Waals surface area contributed by atoms with Crippen LogP contribution in [0.5, 0.6) is 5.75 Å². The standard InChI is InChI=1S/C19H26N2O2/c1-13(12-21-11-10-20-14(21)2)19(22)17-8-9-18(23-3)16-7-5-4-6-15(16)17/h8-9,13H,4-7,10-12H2,1-3H3. The molecule has 1 atom stereocenters. The molecule has 23 heavy (non-hydrogen) atoms. The number of rotatable bonds is 5. The molecule has 4 heteroatoms. The average molecular weight is 314 g/mol. The van der Waals surface area contributed by atoms with Gasteiger partial charge in [0.1, 0.15) is 5.75 Å². The number of Topliss-reactive ketones (excluding diaryl/α,β-unsaturated/α-hetero) is 1. The molecular formula is C19H26N2O2. The molecule has 0 spiro atoms. The number of benzene rings is 1. The van der Waals surface area contributed by atoms with Gasteiger partial charge in [-0.15, -0.1) is 0 Å². The lowest BCUT2D eigenvalue weighted by Gasteiger charge is -2.25. The van der Waals surface area contributed by atoms with E-state index in [0.29, 0.717) is 0 Å². The molecule has 0 bridgehead atoms. The number of ether oxygens (including phenoxy) is 1. The first kappa shape index (κ1) is 16.0. The zero-order valence-corrected chi connectivity index (χ0v) is 14.4. The summed E-state index contributed by atoms with van der Waals surface area (Å²) in [6.45, 7) is 6.61. The second-order valence-electron chi connectivity index (χ2n) is 6.62. The summed E-state index contributed by atoms with van der Waals surface area (Å²) in [5, 5.41) is 0. The minimum atomic E-state index is -0.0160. The van der Waals surface area contributed by atoms with Crippen molar-refractivity contribution in [3.8, 4) is 5.75 Å². The fraction of sp³-hybridized carbons (Fsp3) is 0.579. The molecule has 0 saturated carbocycles. The zero-order valence-electron chi connectivity index (χ0n) is 14.4. The van der Waals surface area contributed by atoms with E-state index in [9.17, 15) is 4.79 Å². The van der Waals surface area contributed by atoms with Crippen molar-refractivity contribution in [3.05, 3.63) is 28.8 Å². The van der Waals surface area contributed by atoms with Gasteiger partial charge >= 0.3 is 0 Å². The van der Waals surface area contributed by atoms with Gasteiger partial charge in [0.2, 0.25) is 0 Å². The van der Waals surface area contributed by atoms with E-state index >= 15 is 0 Å². The third kappa shape index (κ3) is 3.12. The van der Waals surface area contributed by atoms with Crippen LogP contribution in [0.1, 0.15) is 48.2 Å². The Labute approximate surface area is 138 Å². The van der Waals surface area contributed by atoms with Crippen molar-refractivity contribution < 1.29 is 9.53 Å². The number of nitrogens with zero attached hydrogens (tertiary/aromatic N) is 2. The number of ketones is 1. The number of hydrogen-bond donors (Lipinski definition) is 0. The first-order valence-electron chi connectivity index (χ1n) is 8.60. The Kier molecular flexibility index (Phi) is 4.69. The van der Waals surface area contributed by atoms with Crippen LogP contribution in [-0.4, -0.2) is 43.3 Å². The topological polar surface area (TPSA) is 41.9 Å². The maximum Gasteiger partial charge on any atom is 0.167 e. The van der Waals surface area contributed by atoms with Crippen molar-refractivity contribution in [1.29, 1.82) is 0 Å². The molecule has 0 N–H and O–H groups in total. The summed E-state index contributed by atoms with van der Waals surface area (Å²) in [5.41, 5.74) is 3.37. The number of fused-ring (bicyclic) bond motifs is 1. The van der Waals surface area contributed by atoms with Crippen LogP contribution in [0.4, 0.5) is 0 Å². The quantitative estimate of drug-likeness (QED) is 0.784. The third-order valence-electron chi connectivity index (χ3n) is 5.09. The molecule has 0 radical (unpaired) electrons. The number of aliphatic imine (C=N–C) groups is 1. The fourth-order valence-corrected chi connectivity index (χ4v) is 3.75. The van der Waals surface area contributed by atoms with Crippen LogP contribution in [0.25, 0.3) is 0 Å². The third-order valence-corrected chi connectivity index (χ3v) is 5.09. The maximum absolute atomic E-state index is 13.0. The first-order valence-corrected chi connectivity index (χ1v) is 8.60. The molecule has 2 aliphatic rings. The number of carbonyl (C=O) groups excluding carboxylic acids is 1. The number of hydrogen-bond acceptors (Lipinski definition) is 4. The van der Waals surface area contributed by atoms with Crippen LogP contribution < -0.4 is 4.74 Å². The summed E-state index contributed by atoms with van der Waals surface area (Å²) in [4.78, 5) is 19.6. The van der Waals surface area contributed by atoms with Gasteiger partial charge in [0.15, 0.2) is 5.78 Å². The van der Waals surface area contributed by atoms with Gasteiger partial charge < -0.3 is 9.64 Å². The van der Waals surface area contributed by atoms with Gasteiger partial charge in [-0.05, 0) is 55.9 Å². The summed E-state index contributed by atoms with van der Waals surface area (Å²) in [7, 11) is 1.71. The molecule has 4 nitrogen and oxygen atoms in total. The molecule has 0 fully saturated rings.